The van der Waals surface area contributed by atoms with Gasteiger partial charge in [-0.25, -0.2) is 9.79 Å². The summed E-state index contributed by atoms with van der Waals surface area (Å²) in [5, 5.41) is 2.90. The molecule has 0 unspecified atom stereocenters. The lowest BCUT2D eigenvalue weighted by Crippen LogP contribution is -2.14. The second-order valence-corrected chi connectivity index (χ2v) is 6.44. The molecule has 0 fully saturated rings. The van der Waals surface area contributed by atoms with Crippen molar-refractivity contribution in [3.05, 3.63) is 57.6 Å². The Hall–Kier alpha value is -2.47. The number of hydrogen-bond acceptors (Lipinski definition) is 4. The first-order valence-electron chi connectivity index (χ1n) is 8.03. The van der Waals surface area contributed by atoms with Gasteiger partial charge in [-0.2, -0.15) is 0 Å². The quantitative estimate of drug-likeness (QED) is 0.779. The van der Waals surface area contributed by atoms with Crippen LogP contribution in [0.3, 0.4) is 0 Å². The molecule has 0 spiro atoms. The van der Waals surface area contributed by atoms with Gasteiger partial charge in [0.25, 0.3) is 5.91 Å². The monoisotopic (exact) mass is 400 g/mol. The van der Waals surface area contributed by atoms with Crippen molar-refractivity contribution in [1.29, 1.82) is 0 Å². The predicted octanol–water partition coefficient (Wildman–Crippen LogP) is 4.26. The van der Waals surface area contributed by atoms with Crippen molar-refractivity contribution in [2.45, 2.75) is 20.3 Å². The molecule has 1 aliphatic heterocycles. The highest BCUT2D eigenvalue weighted by Gasteiger charge is 2.28. The number of anilines is 1. The molecule has 0 aromatic heterocycles. The Balaban J connectivity index is 1.97. The van der Waals surface area contributed by atoms with Crippen LogP contribution in [-0.2, 0) is 16.0 Å². The summed E-state index contributed by atoms with van der Waals surface area (Å²) in [5.41, 5.74) is 4.08. The average Bonchev–Trinajstić information content (AvgIpc) is 2.91. The Morgan fingerprint density at radius 1 is 1.20 bits per heavy atom. The van der Waals surface area contributed by atoms with Crippen molar-refractivity contribution in [3.8, 4) is 0 Å². The fourth-order valence-corrected chi connectivity index (χ4v) is 3.20. The standard InChI is InChI=1S/C19H17BrN2O3/c1-3-11-9-13(20)10-15-16(11)22-18(23)17(15)21-14-7-5-12(6-8-14)19(24)25-4-2/h5-10H,3-4H2,1-2H3,(H,21,22,23). The van der Waals surface area contributed by atoms with Gasteiger partial charge in [-0.3, -0.25) is 4.79 Å². The lowest BCUT2D eigenvalue weighted by Gasteiger charge is -2.06. The van der Waals surface area contributed by atoms with Gasteiger partial charge in [-0.05, 0) is 55.3 Å². The van der Waals surface area contributed by atoms with Crippen LogP contribution in [0.5, 0.6) is 0 Å². The zero-order chi connectivity index (χ0) is 18.0. The van der Waals surface area contributed by atoms with Crippen LogP contribution in [0, 0.1) is 0 Å². The van der Waals surface area contributed by atoms with E-state index in [-0.39, 0.29) is 11.9 Å². The molecule has 0 saturated carbocycles. The number of carbonyl (C=O) groups is 2. The second-order valence-electron chi connectivity index (χ2n) is 5.52. The highest BCUT2D eigenvalue weighted by molar-refractivity contribution is 9.10. The van der Waals surface area contributed by atoms with Crippen molar-refractivity contribution < 1.29 is 14.3 Å². The summed E-state index contributed by atoms with van der Waals surface area (Å²) in [5.74, 6) is -0.598. The largest absolute Gasteiger partial charge is 0.462 e. The Morgan fingerprint density at radius 2 is 1.92 bits per heavy atom. The maximum Gasteiger partial charge on any atom is 0.338 e. The van der Waals surface area contributed by atoms with Crippen LogP contribution in [-0.4, -0.2) is 24.2 Å². The van der Waals surface area contributed by atoms with E-state index in [1.807, 2.05) is 19.1 Å². The molecule has 0 atom stereocenters. The summed E-state index contributed by atoms with van der Waals surface area (Å²) in [6.45, 7) is 4.13. The normalized spacial score (nSPS) is 14.4. The third-order valence-corrected chi connectivity index (χ3v) is 4.35. The molecule has 6 heteroatoms. The lowest BCUT2D eigenvalue weighted by molar-refractivity contribution is -0.110. The van der Waals surface area contributed by atoms with Crippen LogP contribution in [0.25, 0.3) is 0 Å². The van der Waals surface area contributed by atoms with E-state index in [1.54, 1.807) is 31.2 Å². The first kappa shape index (κ1) is 17.4. The van der Waals surface area contributed by atoms with Crippen LogP contribution < -0.4 is 5.32 Å². The van der Waals surface area contributed by atoms with Gasteiger partial charge in [0.15, 0.2) is 0 Å². The summed E-state index contributed by atoms with van der Waals surface area (Å²) < 4.78 is 5.87. The molecule has 2 aromatic rings. The van der Waals surface area contributed by atoms with E-state index in [2.05, 4.69) is 26.2 Å². The zero-order valence-corrected chi connectivity index (χ0v) is 15.5. The summed E-state index contributed by atoms with van der Waals surface area (Å²) in [4.78, 5) is 28.5. The molecular weight excluding hydrogens is 384 g/mol. The minimum atomic E-state index is -0.373. The molecule has 3 rings (SSSR count). The Labute approximate surface area is 154 Å². The molecule has 25 heavy (non-hydrogen) atoms. The van der Waals surface area contributed by atoms with Gasteiger partial charge in [-0.1, -0.05) is 22.9 Å². The number of carbonyl (C=O) groups excluding carboxylic acids is 2. The summed E-state index contributed by atoms with van der Waals surface area (Å²) in [6, 6.07) is 10.6. The molecule has 1 amide bonds. The summed E-state index contributed by atoms with van der Waals surface area (Å²) >= 11 is 3.48. The number of amides is 1. The maximum absolute atomic E-state index is 12.3. The molecule has 0 saturated heterocycles. The number of ether oxygens (including phenoxy) is 1. The van der Waals surface area contributed by atoms with Crippen molar-refractivity contribution in [1.82, 2.24) is 0 Å². The van der Waals surface area contributed by atoms with Crippen LogP contribution in [0.2, 0.25) is 0 Å². The van der Waals surface area contributed by atoms with Gasteiger partial charge >= 0.3 is 5.97 Å². The van der Waals surface area contributed by atoms with Crippen LogP contribution in [0.4, 0.5) is 11.4 Å². The fraction of sp³-hybridized carbons (Fsp3) is 0.211. The molecule has 0 aliphatic carbocycles. The number of esters is 1. The predicted molar refractivity (Wildman–Crippen MR) is 101 cm³/mol. The van der Waals surface area contributed by atoms with E-state index in [0.29, 0.717) is 23.6 Å². The Morgan fingerprint density at radius 3 is 2.56 bits per heavy atom. The molecule has 0 bridgehead atoms. The van der Waals surface area contributed by atoms with E-state index in [4.69, 9.17) is 4.74 Å². The van der Waals surface area contributed by atoms with Crippen molar-refractivity contribution in [2.75, 3.05) is 11.9 Å². The topological polar surface area (TPSA) is 67.8 Å². The summed E-state index contributed by atoms with van der Waals surface area (Å²) in [7, 11) is 0. The maximum atomic E-state index is 12.3. The first-order valence-corrected chi connectivity index (χ1v) is 8.82. The number of hydrogen-bond donors (Lipinski definition) is 1. The molecule has 0 radical (unpaired) electrons. The molecule has 1 N–H and O–H groups in total. The molecule has 1 aliphatic rings. The zero-order valence-electron chi connectivity index (χ0n) is 13.9. The van der Waals surface area contributed by atoms with Gasteiger partial charge in [0.1, 0.15) is 5.71 Å². The minimum Gasteiger partial charge on any atom is -0.462 e. The third-order valence-electron chi connectivity index (χ3n) is 3.89. The van der Waals surface area contributed by atoms with Gasteiger partial charge in [0, 0.05) is 10.0 Å². The highest BCUT2D eigenvalue weighted by atomic mass is 79.9. The Kier molecular flexibility index (Phi) is 4.99. The smallest absolute Gasteiger partial charge is 0.338 e. The molecule has 1 heterocycles. The summed E-state index contributed by atoms with van der Waals surface area (Å²) in [6.07, 6.45) is 0.809. The molecular formula is C19H17BrN2O3. The minimum absolute atomic E-state index is 0.225. The number of aryl methyl sites for hydroxylation is 1. The SMILES string of the molecule is CCOC(=O)c1ccc(N=C2C(=O)Nc3c(CC)cc(Br)cc32)cc1. The number of nitrogens with zero attached hydrogens (tertiary/aromatic N) is 1. The van der Waals surface area contributed by atoms with Gasteiger partial charge in [0.05, 0.1) is 23.5 Å². The van der Waals surface area contributed by atoms with Gasteiger partial charge in [0.2, 0.25) is 0 Å². The molecule has 2 aromatic carbocycles. The number of fused-ring (bicyclic) bond motifs is 1. The fourth-order valence-electron chi connectivity index (χ4n) is 2.70. The number of benzene rings is 2. The van der Waals surface area contributed by atoms with Crippen molar-refractivity contribution in [3.63, 3.8) is 0 Å². The van der Waals surface area contributed by atoms with E-state index >= 15 is 0 Å². The van der Waals surface area contributed by atoms with Crippen molar-refractivity contribution in [2.24, 2.45) is 4.99 Å². The van der Waals surface area contributed by atoms with E-state index < -0.39 is 0 Å². The van der Waals surface area contributed by atoms with Gasteiger partial charge in [-0.15, -0.1) is 0 Å². The van der Waals surface area contributed by atoms with Crippen molar-refractivity contribution >= 4 is 44.9 Å². The van der Waals surface area contributed by atoms with Crippen LogP contribution >= 0.6 is 15.9 Å². The Bertz CT molecular complexity index is 873. The van der Waals surface area contributed by atoms with E-state index in [1.165, 1.54) is 0 Å². The first-order chi connectivity index (χ1) is 12.0. The number of nitrogens with one attached hydrogen (secondary N) is 1. The number of rotatable bonds is 4. The second kappa shape index (κ2) is 7.19. The lowest BCUT2D eigenvalue weighted by atomic mass is 10.0. The van der Waals surface area contributed by atoms with Gasteiger partial charge < -0.3 is 10.1 Å². The van der Waals surface area contributed by atoms with Crippen LogP contribution in [0.15, 0.2) is 45.9 Å². The number of halogens is 1. The average molecular weight is 401 g/mol. The number of aliphatic imine (C=N–C) groups is 1. The van der Waals surface area contributed by atoms with E-state index in [0.717, 1.165) is 27.7 Å². The third kappa shape index (κ3) is 3.49. The van der Waals surface area contributed by atoms with E-state index in [9.17, 15) is 9.59 Å². The molecule has 5 nitrogen and oxygen atoms in total. The highest BCUT2D eigenvalue weighted by Crippen LogP contribution is 2.32. The van der Waals surface area contributed by atoms with Crippen LogP contribution in [0.1, 0.15) is 35.3 Å². The molecule has 128 valence electrons.